The number of carbonyl (C=O) groups is 4. The fraction of sp³-hybridized carbons (Fsp3) is 0.524. The number of rotatable bonds is 4. The summed E-state index contributed by atoms with van der Waals surface area (Å²) in [5, 5.41) is 5.26. The highest BCUT2D eigenvalue weighted by molar-refractivity contribution is 6.09. The maximum atomic E-state index is 13.1. The Kier molecular flexibility index (Phi) is 4.91. The Hall–Kier alpha value is -2.70. The van der Waals surface area contributed by atoms with Gasteiger partial charge in [-0.2, -0.15) is 0 Å². The van der Waals surface area contributed by atoms with Gasteiger partial charge in [0.15, 0.2) is 0 Å². The molecule has 2 fully saturated rings. The largest absolute Gasteiger partial charge is 0.325 e. The molecule has 2 aliphatic heterocycles. The number of carbonyl (C=O) groups excluding carboxylic acids is 4. The number of nitrogens with one attached hydrogen (secondary N) is 2. The molecule has 0 radical (unpaired) electrons. The summed E-state index contributed by atoms with van der Waals surface area (Å²) in [4.78, 5) is 50.9. The summed E-state index contributed by atoms with van der Waals surface area (Å²) in [6.45, 7) is 2.26. The quantitative estimate of drug-likeness (QED) is 0.779. The summed E-state index contributed by atoms with van der Waals surface area (Å²) in [7, 11) is 0. The molecule has 0 bridgehead atoms. The number of benzene rings is 1. The van der Waals surface area contributed by atoms with Crippen molar-refractivity contribution in [1.82, 2.24) is 10.2 Å². The first-order valence-electron chi connectivity index (χ1n) is 10.0. The molecular weight excluding hydrogens is 358 g/mol. The predicted molar refractivity (Wildman–Crippen MR) is 102 cm³/mol. The molecule has 1 aromatic carbocycles. The minimum absolute atomic E-state index is 0.0624. The molecule has 2 unspecified atom stereocenters. The SMILES string of the molecule is CC(C(=O)Nc1cccc2c1C(=O)N(C1CCC(=O)NC1=O)C2)C1CCCC1. The van der Waals surface area contributed by atoms with Crippen molar-refractivity contribution < 1.29 is 19.2 Å². The van der Waals surface area contributed by atoms with Crippen LogP contribution in [-0.4, -0.2) is 34.6 Å². The van der Waals surface area contributed by atoms with Crippen molar-refractivity contribution in [2.75, 3.05) is 5.32 Å². The molecule has 1 aromatic rings. The van der Waals surface area contributed by atoms with Gasteiger partial charge in [0.1, 0.15) is 6.04 Å². The fourth-order valence-corrected chi connectivity index (χ4v) is 4.64. The highest BCUT2D eigenvalue weighted by Crippen LogP contribution is 2.34. The number of hydrogen-bond acceptors (Lipinski definition) is 4. The van der Waals surface area contributed by atoms with Crippen molar-refractivity contribution in [3.05, 3.63) is 29.3 Å². The summed E-state index contributed by atoms with van der Waals surface area (Å²) in [5.74, 6) is -0.771. The van der Waals surface area contributed by atoms with E-state index in [4.69, 9.17) is 0 Å². The van der Waals surface area contributed by atoms with Crippen LogP contribution in [0.15, 0.2) is 18.2 Å². The third kappa shape index (κ3) is 3.30. The normalized spacial score (nSPS) is 23.5. The molecule has 7 heteroatoms. The van der Waals surface area contributed by atoms with E-state index in [0.29, 0.717) is 30.1 Å². The van der Waals surface area contributed by atoms with Gasteiger partial charge in [-0.1, -0.05) is 31.9 Å². The predicted octanol–water partition coefficient (Wildman–Crippen LogP) is 2.21. The fourth-order valence-electron chi connectivity index (χ4n) is 4.64. The average Bonchev–Trinajstić information content (AvgIpc) is 3.30. The minimum Gasteiger partial charge on any atom is -0.325 e. The molecule has 1 saturated carbocycles. The zero-order valence-corrected chi connectivity index (χ0v) is 16.0. The lowest BCUT2D eigenvalue weighted by Gasteiger charge is -2.29. The van der Waals surface area contributed by atoms with Crippen molar-refractivity contribution in [2.24, 2.45) is 11.8 Å². The van der Waals surface area contributed by atoms with E-state index in [9.17, 15) is 19.2 Å². The van der Waals surface area contributed by atoms with E-state index in [2.05, 4.69) is 10.6 Å². The van der Waals surface area contributed by atoms with Crippen LogP contribution in [0.5, 0.6) is 0 Å². The lowest BCUT2D eigenvalue weighted by Crippen LogP contribution is -2.52. The first-order valence-corrected chi connectivity index (χ1v) is 10.0. The van der Waals surface area contributed by atoms with Crippen molar-refractivity contribution in [3.63, 3.8) is 0 Å². The van der Waals surface area contributed by atoms with Gasteiger partial charge >= 0.3 is 0 Å². The second kappa shape index (κ2) is 7.37. The molecule has 2 atom stereocenters. The zero-order valence-electron chi connectivity index (χ0n) is 16.0. The number of imide groups is 1. The standard InChI is InChI=1S/C21H25N3O4/c1-12(13-5-2-3-6-13)19(26)22-15-8-4-7-14-11-24(21(28)18(14)15)16-9-10-17(25)23-20(16)27/h4,7-8,12-13,16H,2-3,5-6,9-11H2,1H3,(H,22,26)(H,23,25,27). The topological polar surface area (TPSA) is 95.6 Å². The second-order valence-electron chi connectivity index (χ2n) is 8.06. The Balaban J connectivity index is 1.52. The van der Waals surface area contributed by atoms with Crippen LogP contribution >= 0.6 is 0 Å². The molecule has 7 nitrogen and oxygen atoms in total. The van der Waals surface area contributed by atoms with Crippen LogP contribution < -0.4 is 10.6 Å². The molecular formula is C21H25N3O4. The summed E-state index contributed by atoms with van der Waals surface area (Å²) in [6.07, 6.45) is 5.03. The number of anilines is 1. The minimum atomic E-state index is -0.654. The Morgan fingerprint density at radius 2 is 1.93 bits per heavy atom. The van der Waals surface area contributed by atoms with Crippen LogP contribution in [-0.2, 0) is 20.9 Å². The van der Waals surface area contributed by atoms with Crippen molar-refractivity contribution in [3.8, 4) is 0 Å². The zero-order chi connectivity index (χ0) is 19.8. The van der Waals surface area contributed by atoms with E-state index in [1.807, 2.05) is 19.1 Å². The van der Waals surface area contributed by atoms with Gasteiger partial charge in [0.2, 0.25) is 17.7 Å². The molecule has 2 heterocycles. The molecule has 1 saturated heterocycles. The molecule has 0 spiro atoms. The smallest absolute Gasteiger partial charge is 0.257 e. The first kappa shape index (κ1) is 18.7. The van der Waals surface area contributed by atoms with Crippen LogP contribution in [0.1, 0.15) is 61.4 Å². The maximum absolute atomic E-state index is 13.1. The van der Waals surface area contributed by atoms with Crippen LogP contribution in [0, 0.1) is 11.8 Å². The molecule has 0 aromatic heterocycles. The maximum Gasteiger partial charge on any atom is 0.257 e. The number of piperidine rings is 1. The van der Waals surface area contributed by atoms with E-state index < -0.39 is 11.9 Å². The Morgan fingerprint density at radius 3 is 2.64 bits per heavy atom. The molecule has 1 aliphatic carbocycles. The Labute approximate surface area is 163 Å². The van der Waals surface area contributed by atoms with E-state index >= 15 is 0 Å². The lowest BCUT2D eigenvalue weighted by atomic mass is 9.91. The number of amides is 4. The summed E-state index contributed by atoms with van der Waals surface area (Å²) < 4.78 is 0. The first-order chi connectivity index (χ1) is 13.5. The van der Waals surface area contributed by atoms with Gasteiger partial charge in [-0.25, -0.2) is 0 Å². The van der Waals surface area contributed by atoms with E-state index in [-0.39, 0.29) is 30.1 Å². The van der Waals surface area contributed by atoms with E-state index in [1.165, 1.54) is 17.7 Å². The lowest BCUT2D eigenvalue weighted by molar-refractivity contribution is -0.137. The highest BCUT2D eigenvalue weighted by Gasteiger charge is 2.40. The average molecular weight is 383 g/mol. The Bertz CT molecular complexity index is 844. The van der Waals surface area contributed by atoms with Gasteiger partial charge in [0, 0.05) is 18.9 Å². The molecule has 3 aliphatic rings. The third-order valence-corrected chi connectivity index (χ3v) is 6.33. The Morgan fingerprint density at radius 1 is 1.18 bits per heavy atom. The molecule has 4 amide bonds. The van der Waals surface area contributed by atoms with Gasteiger partial charge in [0.05, 0.1) is 11.3 Å². The number of fused-ring (bicyclic) bond motifs is 1. The van der Waals surface area contributed by atoms with Crippen LogP contribution in [0.25, 0.3) is 0 Å². The van der Waals surface area contributed by atoms with E-state index in [1.54, 1.807) is 6.07 Å². The molecule has 148 valence electrons. The van der Waals surface area contributed by atoms with Gasteiger partial charge in [0.25, 0.3) is 5.91 Å². The van der Waals surface area contributed by atoms with Crippen LogP contribution in [0.3, 0.4) is 0 Å². The molecule has 2 N–H and O–H groups in total. The molecule has 28 heavy (non-hydrogen) atoms. The van der Waals surface area contributed by atoms with Crippen molar-refractivity contribution in [2.45, 2.75) is 58.0 Å². The number of nitrogens with zero attached hydrogens (tertiary/aromatic N) is 1. The van der Waals surface area contributed by atoms with E-state index in [0.717, 1.165) is 18.4 Å². The second-order valence-corrected chi connectivity index (χ2v) is 8.06. The van der Waals surface area contributed by atoms with Crippen LogP contribution in [0.4, 0.5) is 5.69 Å². The number of hydrogen-bond donors (Lipinski definition) is 2. The van der Waals surface area contributed by atoms with Crippen molar-refractivity contribution in [1.29, 1.82) is 0 Å². The van der Waals surface area contributed by atoms with Crippen LogP contribution in [0.2, 0.25) is 0 Å². The summed E-state index contributed by atoms with van der Waals surface area (Å²) >= 11 is 0. The van der Waals surface area contributed by atoms with Crippen molar-refractivity contribution >= 4 is 29.3 Å². The van der Waals surface area contributed by atoms with Gasteiger partial charge in [-0.3, -0.25) is 24.5 Å². The molecule has 4 rings (SSSR count). The monoisotopic (exact) mass is 383 g/mol. The third-order valence-electron chi connectivity index (χ3n) is 6.33. The van der Waals surface area contributed by atoms with Gasteiger partial charge in [-0.15, -0.1) is 0 Å². The highest BCUT2D eigenvalue weighted by atomic mass is 16.2. The summed E-state index contributed by atoms with van der Waals surface area (Å²) in [5.41, 5.74) is 1.76. The van der Waals surface area contributed by atoms with Gasteiger partial charge < -0.3 is 10.2 Å². The summed E-state index contributed by atoms with van der Waals surface area (Å²) in [6, 6.07) is 4.74. The van der Waals surface area contributed by atoms with Gasteiger partial charge in [-0.05, 0) is 36.8 Å².